The highest BCUT2D eigenvalue weighted by Gasteiger charge is 2.23. The van der Waals surface area contributed by atoms with Crippen LogP contribution in [0.5, 0.6) is 0 Å². The number of aliphatic hydroxyl groups is 1. The van der Waals surface area contributed by atoms with Gasteiger partial charge in [0.2, 0.25) is 0 Å². The Morgan fingerprint density at radius 1 is 1.22 bits per heavy atom. The summed E-state index contributed by atoms with van der Waals surface area (Å²) in [7, 11) is 0. The molecule has 27 heavy (non-hydrogen) atoms. The molecule has 1 N–H and O–H groups in total. The first-order valence-electron chi connectivity index (χ1n) is 9.07. The van der Waals surface area contributed by atoms with Crippen LogP contribution in [-0.2, 0) is 16.2 Å². The lowest BCUT2D eigenvalue weighted by atomic mass is 9.96. The molecule has 0 saturated heterocycles. The number of aromatic nitrogens is 5. The van der Waals surface area contributed by atoms with Gasteiger partial charge in [-0.25, -0.2) is 14.6 Å². The average Bonchev–Trinajstić information content (AvgIpc) is 3.26. The molecule has 0 aliphatic heterocycles. The van der Waals surface area contributed by atoms with Crippen molar-refractivity contribution in [2.45, 2.75) is 53.9 Å². The van der Waals surface area contributed by atoms with Crippen LogP contribution in [0.3, 0.4) is 0 Å². The van der Waals surface area contributed by atoms with Gasteiger partial charge in [0, 0.05) is 35.4 Å². The molecule has 3 rings (SSSR count). The molecule has 146 valence electrons. The van der Waals surface area contributed by atoms with Gasteiger partial charge < -0.3 is 19.1 Å². The van der Waals surface area contributed by atoms with E-state index in [1.54, 1.807) is 10.9 Å². The van der Waals surface area contributed by atoms with Gasteiger partial charge in [-0.15, -0.1) is 0 Å². The van der Waals surface area contributed by atoms with Crippen LogP contribution in [0.1, 0.15) is 40.8 Å². The van der Waals surface area contributed by atoms with Crippen LogP contribution in [0, 0.1) is 5.41 Å². The Morgan fingerprint density at radius 2 is 2.00 bits per heavy atom. The molecule has 8 heteroatoms. The second-order valence-corrected chi connectivity index (χ2v) is 7.52. The van der Waals surface area contributed by atoms with E-state index in [-0.39, 0.29) is 18.4 Å². The van der Waals surface area contributed by atoms with Crippen LogP contribution >= 0.6 is 0 Å². The van der Waals surface area contributed by atoms with Gasteiger partial charge in [-0.2, -0.15) is 5.10 Å². The van der Waals surface area contributed by atoms with E-state index in [0.29, 0.717) is 6.61 Å². The Morgan fingerprint density at radius 3 is 2.70 bits per heavy atom. The standard InChI is InChI=1S/C19H27N5O3/c1-6-26-13(2)24-10-14(9-22-24)16-15-7-8-23(17(15)21-11-20-16)12-27-18(25)19(3,4)5/h7-11,13,18,25H,6,12H2,1-5H3. The van der Waals surface area contributed by atoms with E-state index in [0.717, 1.165) is 22.3 Å². The first-order chi connectivity index (χ1) is 12.8. The van der Waals surface area contributed by atoms with Crippen LogP contribution in [0.2, 0.25) is 0 Å². The molecule has 0 aliphatic rings. The lowest BCUT2D eigenvalue weighted by Gasteiger charge is -2.25. The summed E-state index contributed by atoms with van der Waals surface area (Å²) < 4.78 is 14.8. The summed E-state index contributed by atoms with van der Waals surface area (Å²) in [6.07, 6.45) is 6.09. The third-order valence-electron chi connectivity index (χ3n) is 4.32. The average molecular weight is 373 g/mol. The molecule has 0 saturated carbocycles. The van der Waals surface area contributed by atoms with Crippen molar-refractivity contribution in [3.8, 4) is 11.3 Å². The highest BCUT2D eigenvalue weighted by atomic mass is 16.6. The number of hydrogen-bond acceptors (Lipinski definition) is 6. The molecular weight excluding hydrogens is 346 g/mol. The van der Waals surface area contributed by atoms with Crippen molar-refractivity contribution in [3.05, 3.63) is 31.0 Å². The molecule has 2 unspecified atom stereocenters. The molecule has 2 atom stereocenters. The Labute approximate surface area is 158 Å². The molecular formula is C19H27N5O3. The van der Waals surface area contributed by atoms with E-state index in [1.807, 2.05) is 57.6 Å². The van der Waals surface area contributed by atoms with Gasteiger partial charge in [0.05, 0.1) is 11.9 Å². The molecule has 8 nitrogen and oxygen atoms in total. The fourth-order valence-corrected chi connectivity index (χ4v) is 2.72. The monoisotopic (exact) mass is 373 g/mol. The summed E-state index contributed by atoms with van der Waals surface area (Å²) in [6.45, 7) is 10.5. The quantitative estimate of drug-likeness (QED) is 0.640. The second-order valence-electron chi connectivity index (χ2n) is 7.52. The van der Waals surface area contributed by atoms with Crippen LogP contribution in [-0.4, -0.2) is 42.3 Å². The van der Waals surface area contributed by atoms with Crippen molar-refractivity contribution in [1.29, 1.82) is 0 Å². The maximum absolute atomic E-state index is 10.1. The van der Waals surface area contributed by atoms with Crippen LogP contribution < -0.4 is 0 Å². The predicted molar refractivity (Wildman–Crippen MR) is 102 cm³/mol. The molecule has 0 spiro atoms. The number of nitrogens with zero attached hydrogens (tertiary/aromatic N) is 5. The Bertz CT molecular complexity index is 896. The van der Waals surface area contributed by atoms with Crippen molar-refractivity contribution in [2.75, 3.05) is 6.61 Å². The molecule has 0 aliphatic carbocycles. The van der Waals surface area contributed by atoms with Gasteiger partial charge in [0.25, 0.3) is 0 Å². The van der Waals surface area contributed by atoms with E-state index in [4.69, 9.17) is 9.47 Å². The number of hydrogen-bond donors (Lipinski definition) is 1. The van der Waals surface area contributed by atoms with Crippen LogP contribution in [0.4, 0.5) is 0 Å². The summed E-state index contributed by atoms with van der Waals surface area (Å²) in [5.41, 5.74) is 2.08. The van der Waals surface area contributed by atoms with Gasteiger partial charge in [-0.1, -0.05) is 20.8 Å². The van der Waals surface area contributed by atoms with E-state index in [9.17, 15) is 5.11 Å². The summed E-state index contributed by atoms with van der Waals surface area (Å²) in [5, 5.41) is 15.4. The van der Waals surface area contributed by atoms with Crippen LogP contribution in [0.15, 0.2) is 31.0 Å². The minimum Gasteiger partial charge on any atom is -0.367 e. The molecule has 3 heterocycles. The Kier molecular flexibility index (Phi) is 5.59. The number of rotatable bonds is 7. The highest BCUT2D eigenvalue weighted by molar-refractivity contribution is 5.90. The Hall–Kier alpha value is -2.29. The minimum atomic E-state index is -0.866. The zero-order valence-electron chi connectivity index (χ0n) is 16.5. The maximum atomic E-state index is 10.1. The highest BCUT2D eigenvalue weighted by Crippen LogP contribution is 2.27. The van der Waals surface area contributed by atoms with E-state index >= 15 is 0 Å². The van der Waals surface area contributed by atoms with E-state index in [1.165, 1.54) is 6.33 Å². The lowest BCUT2D eigenvalue weighted by Crippen LogP contribution is -2.29. The van der Waals surface area contributed by atoms with Crippen molar-refractivity contribution in [3.63, 3.8) is 0 Å². The predicted octanol–water partition coefficient (Wildman–Crippen LogP) is 3.19. The molecule has 0 aromatic carbocycles. The first-order valence-corrected chi connectivity index (χ1v) is 9.07. The summed E-state index contributed by atoms with van der Waals surface area (Å²) >= 11 is 0. The van der Waals surface area contributed by atoms with Gasteiger partial charge in [0.15, 0.2) is 6.29 Å². The molecule has 0 amide bonds. The van der Waals surface area contributed by atoms with Gasteiger partial charge in [0.1, 0.15) is 24.9 Å². The molecule has 0 bridgehead atoms. The Balaban J connectivity index is 1.86. The maximum Gasteiger partial charge on any atom is 0.161 e. The van der Waals surface area contributed by atoms with Crippen molar-refractivity contribution >= 4 is 11.0 Å². The SMILES string of the molecule is CCOC(C)n1cc(-c2ncnc3c2ccn3COC(O)C(C)(C)C)cn1. The second kappa shape index (κ2) is 7.75. The van der Waals surface area contributed by atoms with Gasteiger partial charge >= 0.3 is 0 Å². The lowest BCUT2D eigenvalue weighted by molar-refractivity contribution is -0.178. The van der Waals surface area contributed by atoms with Crippen molar-refractivity contribution in [2.24, 2.45) is 5.41 Å². The fourth-order valence-electron chi connectivity index (χ4n) is 2.72. The fraction of sp³-hybridized carbons (Fsp3) is 0.526. The summed E-state index contributed by atoms with van der Waals surface area (Å²) in [4.78, 5) is 8.81. The van der Waals surface area contributed by atoms with E-state index < -0.39 is 6.29 Å². The van der Waals surface area contributed by atoms with Crippen molar-refractivity contribution < 1.29 is 14.6 Å². The van der Waals surface area contributed by atoms with Crippen molar-refractivity contribution in [1.82, 2.24) is 24.3 Å². The smallest absolute Gasteiger partial charge is 0.161 e. The minimum absolute atomic E-state index is 0.141. The largest absolute Gasteiger partial charge is 0.367 e. The zero-order valence-corrected chi connectivity index (χ0v) is 16.5. The summed E-state index contributed by atoms with van der Waals surface area (Å²) in [6, 6.07) is 1.95. The summed E-state index contributed by atoms with van der Waals surface area (Å²) in [5.74, 6) is 0. The van der Waals surface area contributed by atoms with Gasteiger partial charge in [-0.05, 0) is 19.9 Å². The van der Waals surface area contributed by atoms with Crippen LogP contribution in [0.25, 0.3) is 22.3 Å². The number of fused-ring (bicyclic) bond motifs is 1. The first kappa shape index (κ1) is 19.5. The van der Waals surface area contributed by atoms with E-state index in [2.05, 4.69) is 15.1 Å². The van der Waals surface area contributed by atoms with Gasteiger partial charge in [-0.3, -0.25) is 0 Å². The number of aliphatic hydroxyl groups excluding tert-OH is 1. The zero-order chi connectivity index (χ0) is 19.6. The molecule has 3 aromatic heterocycles. The molecule has 3 aromatic rings. The molecule has 0 fully saturated rings. The molecule has 0 radical (unpaired) electrons. The third kappa shape index (κ3) is 4.18. The topological polar surface area (TPSA) is 87.2 Å². The number of ether oxygens (including phenoxy) is 2. The normalized spacial score (nSPS) is 14.6. The third-order valence-corrected chi connectivity index (χ3v) is 4.32.